The first-order valence-electron chi connectivity index (χ1n) is 10.4. The van der Waals surface area contributed by atoms with E-state index >= 15 is 0 Å². The second kappa shape index (κ2) is 9.73. The van der Waals surface area contributed by atoms with Crippen LogP contribution in [-0.2, 0) is 19.1 Å². The van der Waals surface area contributed by atoms with Gasteiger partial charge in [-0.3, -0.25) is 0 Å². The maximum Gasteiger partial charge on any atom is 0.384 e. The summed E-state index contributed by atoms with van der Waals surface area (Å²) in [5, 5.41) is 3.84. The summed E-state index contributed by atoms with van der Waals surface area (Å²) in [5.74, 6) is 9.92. The van der Waals surface area contributed by atoms with E-state index in [4.69, 9.17) is 9.47 Å². The standard InChI is InChI=1S/C29H20O4/c1-3-33-29(31)18-14-21-13-16-26(24-11-7-6-10-23(21)24)27-15-12-20-8-4-5-9-22(20)25(27)17-19-28(30)32-2/h4-13,15-16H,3H2,1-2H3. The van der Waals surface area contributed by atoms with Crippen molar-refractivity contribution in [3.63, 3.8) is 0 Å². The molecule has 0 aliphatic rings. The van der Waals surface area contributed by atoms with Gasteiger partial charge in [-0.2, -0.15) is 0 Å². The molecule has 4 aromatic rings. The largest absolute Gasteiger partial charge is 0.459 e. The van der Waals surface area contributed by atoms with Crippen LogP contribution in [-0.4, -0.2) is 25.7 Å². The zero-order chi connectivity index (χ0) is 23.2. The second-order valence-electron chi connectivity index (χ2n) is 7.13. The molecule has 0 aromatic heterocycles. The molecule has 160 valence electrons. The van der Waals surface area contributed by atoms with Crippen molar-refractivity contribution in [2.45, 2.75) is 6.92 Å². The summed E-state index contributed by atoms with van der Waals surface area (Å²) < 4.78 is 9.63. The van der Waals surface area contributed by atoms with E-state index in [2.05, 4.69) is 23.7 Å². The second-order valence-corrected chi connectivity index (χ2v) is 7.13. The van der Waals surface area contributed by atoms with Gasteiger partial charge in [-0.05, 0) is 45.7 Å². The Bertz CT molecular complexity index is 1510. The first-order chi connectivity index (χ1) is 16.1. The molecule has 0 unspecified atom stereocenters. The highest BCUT2D eigenvalue weighted by Gasteiger charge is 2.13. The molecule has 4 heteroatoms. The van der Waals surface area contributed by atoms with Gasteiger partial charge in [0.15, 0.2) is 0 Å². The molecule has 4 rings (SSSR count). The molecule has 0 aliphatic carbocycles. The molecule has 0 atom stereocenters. The summed E-state index contributed by atoms with van der Waals surface area (Å²) in [5.41, 5.74) is 3.32. The van der Waals surface area contributed by atoms with Gasteiger partial charge in [0.05, 0.1) is 13.7 Å². The molecule has 0 spiro atoms. The molecule has 0 fully saturated rings. The third-order valence-corrected chi connectivity index (χ3v) is 5.19. The number of hydrogen-bond donors (Lipinski definition) is 0. The monoisotopic (exact) mass is 432 g/mol. The van der Waals surface area contributed by atoms with Crippen molar-refractivity contribution in [2.24, 2.45) is 0 Å². The zero-order valence-corrected chi connectivity index (χ0v) is 18.3. The number of benzene rings is 4. The van der Waals surface area contributed by atoms with Crippen molar-refractivity contribution in [3.8, 4) is 34.8 Å². The Labute approximate surface area is 192 Å². The first kappa shape index (κ1) is 21.7. The number of esters is 2. The minimum absolute atomic E-state index is 0.282. The fourth-order valence-corrected chi connectivity index (χ4v) is 3.72. The minimum Gasteiger partial charge on any atom is -0.459 e. The molecular formula is C29H20O4. The van der Waals surface area contributed by atoms with Crippen LogP contribution in [0.1, 0.15) is 18.1 Å². The van der Waals surface area contributed by atoms with Crippen LogP contribution in [0.4, 0.5) is 0 Å². The van der Waals surface area contributed by atoms with Gasteiger partial charge in [-0.1, -0.05) is 78.6 Å². The summed E-state index contributed by atoms with van der Waals surface area (Å²) >= 11 is 0. The Balaban J connectivity index is 1.95. The number of methoxy groups -OCH3 is 1. The Morgan fingerprint density at radius 2 is 1.39 bits per heavy atom. The lowest BCUT2D eigenvalue weighted by atomic mass is 9.90. The van der Waals surface area contributed by atoms with Gasteiger partial charge >= 0.3 is 11.9 Å². The van der Waals surface area contributed by atoms with Gasteiger partial charge in [0.1, 0.15) is 0 Å². The van der Waals surface area contributed by atoms with Crippen LogP contribution < -0.4 is 0 Å². The molecule has 0 amide bonds. The Kier molecular flexibility index (Phi) is 6.39. The van der Waals surface area contributed by atoms with Crippen molar-refractivity contribution >= 4 is 33.5 Å². The molecule has 0 saturated carbocycles. The van der Waals surface area contributed by atoms with Crippen molar-refractivity contribution in [2.75, 3.05) is 13.7 Å². The normalized spacial score (nSPS) is 10.0. The number of rotatable bonds is 2. The maximum atomic E-state index is 11.8. The molecule has 4 aromatic carbocycles. The number of fused-ring (bicyclic) bond motifs is 2. The lowest BCUT2D eigenvalue weighted by Gasteiger charge is -2.13. The van der Waals surface area contributed by atoms with E-state index in [1.165, 1.54) is 7.11 Å². The van der Waals surface area contributed by atoms with Crippen LogP contribution in [0.3, 0.4) is 0 Å². The highest BCUT2D eigenvalue weighted by molar-refractivity contribution is 6.05. The van der Waals surface area contributed by atoms with Gasteiger partial charge in [-0.25, -0.2) is 9.59 Å². The number of ether oxygens (including phenoxy) is 2. The van der Waals surface area contributed by atoms with Gasteiger partial charge < -0.3 is 9.47 Å². The quantitative estimate of drug-likeness (QED) is 0.327. The maximum absolute atomic E-state index is 11.8. The number of carbonyl (C=O) groups excluding carboxylic acids is 2. The zero-order valence-electron chi connectivity index (χ0n) is 18.3. The first-order valence-corrected chi connectivity index (χ1v) is 10.4. The van der Waals surface area contributed by atoms with Crippen LogP contribution in [0.2, 0.25) is 0 Å². The molecular weight excluding hydrogens is 412 g/mol. The molecule has 4 nitrogen and oxygen atoms in total. The highest BCUT2D eigenvalue weighted by atomic mass is 16.5. The van der Waals surface area contributed by atoms with Crippen LogP contribution in [0, 0.1) is 23.7 Å². The van der Waals surface area contributed by atoms with Crippen LogP contribution >= 0.6 is 0 Å². The van der Waals surface area contributed by atoms with Crippen molar-refractivity contribution in [3.05, 3.63) is 83.9 Å². The summed E-state index contributed by atoms with van der Waals surface area (Å²) in [6, 6.07) is 23.7. The van der Waals surface area contributed by atoms with E-state index in [9.17, 15) is 9.59 Å². The van der Waals surface area contributed by atoms with Crippen LogP contribution in [0.25, 0.3) is 32.7 Å². The van der Waals surface area contributed by atoms with Crippen molar-refractivity contribution in [1.82, 2.24) is 0 Å². The van der Waals surface area contributed by atoms with E-state index in [1.54, 1.807) is 6.92 Å². The summed E-state index contributed by atoms with van der Waals surface area (Å²) in [6.07, 6.45) is 0. The molecule has 0 saturated heterocycles. The van der Waals surface area contributed by atoms with Gasteiger partial charge in [0.2, 0.25) is 0 Å². The Hall–Kier alpha value is -4.54. The van der Waals surface area contributed by atoms with Gasteiger partial charge in [0.25, 0.3) is 0 Å². The van der Waals surface area contributed by atoms with E-state index in [-0.39, 0.29) is 6.61 Å². The van der Waals surface area contributed by atoms with Gasteiger partial charge in [-0.15, -0.1) is 0 Å². The van der Waals surface area contributed by atoms with E-state index < -0.39 is 11.9 Å². The van der Waals surface area contributed by atoms with Crippen molar-refractivity contribution < 1.29 is 19.1 Å². The average Bonchev–Trinajstić information content (AvgIpc) is 2.85. The van der Waals surface area contributed by atoms with Crippen molar-refractivity contribution in [1.29, 1.82) is 0 Å². The molecule has 0 heterocycles. The Morgan fingerprint density at radius 1 is 0.727 bits per heavy atom. The molecule has 0 aliphatic heterocycles. The van der Waals surface area contributed by atoms with E-state index in [0.717, 1.165) is 43.8 Å². The minimum atomic E-state index is -0.594. The van der Waals surface area contributed by atoms with Gasteiger partial charge in [0, 0.05) is 23.0 Å². The fraction of sp³-hybridized carbons (Fsp3) is 0.103. The van der Waals surface area contributed by atoms with E-state index in [0.29, 0.717) is 0 Å². The molecule has 0 radical (unpaired) electrons. The summed E-state index contributed by atoms with van der Waals surface area (Å²) in [4.78, 5) is 23.5. The highest BCUT2D eigenvalue weighted by Crippen LogP contribution is 2.35. The summed E-state index contributed by atoms with van der Waals surface area (Å²) in [7, 11) is 1.31. The fourth-order valence-electron chi connectivity index (χ4n) is 3.72. The SMILES string of the molecule is CCOC(=O)C#Cc1ccc(-c2ccc3ccccc3c2C#CC(=O)OC)c2ccccc12. The third-order valence-electron chi connectivity index (χ3n) is 5.19. The average molecular weight is 432 g/mol. The number of hydrogen-bond acceptors (Lipinski definition) is 4. The van der Waals surface area contributed by atoms with Crippen LogP contribution in [0.5, 0.6) is 0 Å². The van der Waals surface area contributed by atoms with E-state index in [1.807, 2.05) is 72.8 Å². The summed E-state index contributed by atoms with van der Waals surface area (Å²) in [6.45, 7) is 2.03. The van der Waals surface area contributed by atoms with Crippen LogP contribution in [0.15, 0.2) is 72.8 Å². The lowest BCUT2D eigenvalue weighted by Crippen LogP contribution is -1.99. The predicted octanol–water partition coefficient (Wildman–Crippen LogP) is 5.10. The molecule has 0 bridgehead atoms. The predicted molar refractivity (Wildman–Crippen MR) is 129 cm³/mol. The third kappa shape index (κ3) is 4.56. The molecule has 0 N–H and O–H groups in total. The smallest absolute Gasteiger partial charge is 0.384 e. The topological polar surface area (TPSA) is 52.6 Å². The lowest BCUT2D eigenvalue weighted by molar-refractivity contribution is -0.136. The number of carbonyl (C=O) groups is 2. The molecule has 33 heavy (non-hydrogen) atoms. The Morgan fingerprint density at radius 3 is 2.15 bits per heavy atom.